The minimum absolute atomic E-state index is 0.225. The van der Waals surface area contributed by atoms with E-state index in [1.54, 1.807) is 6.07 Å². The summed E-state index contributed by atoms with van der Waals surface area (Å²) in [6.07, 6.45) is 2.33. The van der Waals surface area contributed by atoms with Crippen LogP contribution in [0.2, 0.25) is 0 Å². The fraction of sp³-hybridized carbons (Fsp3) is 0.467. The summed E-state index contributed by atoms with van der Waals surface area (Å²) < 4.78 is 23.0. The largest absolute Gasteiger partial charge is 0.484 e. The van der Waals surface area contributed by atoms with Crippen LogP contribution in [0.1, 0.15) is 19.3 Å². The maximum absolute atomic E-state index is 13.0. The summed E-state index contributed by atoms with van der Waals surface area (Å²) in [5, 5.41) is 0. The number of piperidine rings is 1. The molecule has 1 amide bonds. The Morgan fingerprint density at radius 1 is 1.38 bits per heavy atom. The zero-order chi connectivity index (χ0) is 15.2. The van der Waals surface area contributed by atoms with Gasteiger partial charge in [-0.1, -0.05) is 6.07 Å². The third-order valence-corrected chi connectivity index (χ3v) is 3.45. The summed E-state index contributed by atoms with van der Waals surface area (Å²) in [6, 6.07) is 5.04. The highest BCUT2D eigenvalue weighted by Gasteiger charge is 2.32. The monoisotopic (exact) mass is 295 g/mol. The molecule has 21 heavy (non-hydrogen) atoms. The Labute approximate surface area is 122 Å². The number of likely N-dealkylation sites (tertiary alicyclic amines) is 1. The van der Waals surface area contributed by atoms with E-state index in [1.165, 1.54) is 30.2 Å². The second-order valence-corrected chi connectivity index (χ2v) is 4.87. The fourth-order valence-corrected chi connectivity index (χ4v) is 2.40. The molecule has 0 aromatic heterocycles. The molecule has 0 radical (unpaired) electrons. The van der Waals surface area contributed by atoms with Crippen LogP contribution in [0.3, 0.4) is 0 Å². The van der Waals surface area contributed by atoms with Crippen LogP contribution in [-0.2, 0) is 14.3 Å². The molecule has 1 aliphatic rings. The van der Waals surface area contributed by atoms with Gasteiger partial charge in [0.15, 0.2) is 6.61 Å². The molecule has 5 nitrogen and oxygen atoms in total. The van der Waals surface area contributed by atoms with Gasteiger partial charge in [0.1, 0.15) is 17.6 Å². The lowest BCUT2D eigenvalue weighted by atomic mass is 10.0. The van der Waals surface area contributed by atoms with Crippen molar-refractivity contribution in [2.24, 2.45) is 0 Å². The molecule has 0 N–H and O–H groups in total. The minimum atomic E-state index is -0.549. The van der Waals surface area contributed by atoms with Gasteiger partial charge in [-0.25, -0.2) is 9.18 Å². The number of halogens is 1. The number of nitrogens with zero attached hydrogens (tertiary/aromatic N) is 1. The van der Waals surface area contributed by atoms with Crippen LogP contribution in [0, 0.1) is 5.82 Å². The lowest BCUT2D eigenvalue weighted by Gasteiger charge is -2.33. The van der Waals surface area contributed by atoms with Crippen molar-refractivity contribution in [2.45, 2.75) is 25.3 Å². The topological polar surface area (TPSA) is 55.8 Å². The summed E-state index contributed by atoms with van der Waals surface area (Å²) in [5.41, 5.74) is 0. The molecule has 1 heterocycles. The van der Waals surface area contributed by atoms with Gasteiger partial charge in [-0.3, -0.25) is 4.79 Å². The third kappa shape index (κ3) is 3.93. The average molecular weight is 295 g/mol. The molecule has 2 rings (SSSR count). The van der Waals surface area contributed by atoms with E-state index in [1.807, 2.05) is 0 Å². The number of carbonyl (C=O) groups excluding carboxylic acids is 2. The zero-order valence-corrected chi connectivity index (χ0v) is 11.9. The first-order valence-electron chi connectivity index (χ1n) is 6.87. The molecule has 1 aromatic rings. The summed E-state index contributed by atoms with van der Waals surface area (Å²) >= 11 is 0. The summed E-state index contributed by atoms with van der Waals surface area (Å²) in [7, 11) is 1.31. The molecule has 1 aromatic carbocycles. The first-order valence-corrected chi connectivity index (χ1v) is 6.87. The first kappa shape index (κ1) is 15.3. The number of amides is 1. The van der Waals surface area contributed by atoms with Crippen molar-refractivity contribution in [3.05, 3.63) is 30.1 Å². The van der Waals surface area contributed by atoms with Gasteiger partial charge >= 0.3 is 5.97 Å². The lowest BCUT2D eigenvalue weighted by molar-refractivity contribution is -0.155. The Balaban J connectivity index is 1.96. The molecule has 6 heteroatoms. The van der Waals surface area contributed by atoms with Crippen molar-refractivity contribution >= 4 is 11.9 Å². The van der Waals surface area contributed by atoms with Crippen molar-refractivity contribution in [2.75, 3.05) is 20.3 Å². The number of benzene rings is 1. The first-order chi connectivity index (χ1) is 10.1. The smallest absolute Gasteiger partial charge is 0.328 e. The minimum Gasteiger partial charge on any atom is -0.484 e. The van der Waals surface area contributed by atoms with E-state index in [4.69, 9.17) is 9.47 Å². The Bertz CT molecular complexity index is 520. The zero-order valence-electron chi connectivity index (χ0n) is 11.9. The van der Waals surface area contributed by atoms with Crippen LogP contribution in [0.5, 0.6) is 5.75 Å². The number of carbonyl (C=O) groups is 2. The second kappa shape index (κ2) is 7.06. The molecule has 1 aliphatic heterocycles. The molecular weight excluding hydrogens is 277 g/mol. The molecule has 0 bridgehead atoms. The maximum Gasteiger partial charge on any atom is 0.328 e. The number of methoxy groups -OCH3 is 1. The van der Waals surface area contributed by atoms with Gasteiger partial charge in [0, 0.05) is 12.6 Å². The molecule has 0 spiro atoms. The predicted octanol–water partition coefficient (Wildman–Crippen LogP) is 1.76. The molecule has 1 saturated heterocycles. The van der Waals surface area contributed by atoms with Gasteiger partial charge in [-0.2, -0.15) is 0 Å². The SMILES string of the molecule is COC(=O)[C@H]1CCCCN1C(=O)COc1cccc(F)c1. The van der Waals surface area contributed by atoms with Crippen LogP contribution in [0.25, 0.3) is 0 Å². The standard InChI is InChI=1S/C15H18FNO4/c1-20-15(19)13-7-2-3-8-17(13)14(18)10-21-12-6-4-5-11(16)9-12/h4-6,9,13H,2-3,7-8,10H2,1H3/t13-/m1/s1. The van der Waals surface area contributed by atoms with Crippen LogP contribution >= 0.6 is 0 Å². The Kier molecular flexibility index (Phi) is 5.14. The fourth-order valence-electron chi connectivity index (χ4n) is 2.40. The van der Waals surface area contributed by atoms with Crippen molar-refractivity contribution < 1.29 is 23.5 Å². The maximum atomic E-state index is 13.0. The summed E-state index contributed by atoms with van der Waals surface area (Å²) in [5.74, 6) is -0.844. The normalized spacial score (nSPS) is 18.2. The lowest BCUT2D eigenvalue weighted by Crippen LogP contribution is -2.50. The van der Waals surface area contributed by atoms with E-state index < -0.39 is 17.8 Å². The van der Waals surface area contributed by atoms with Crippen LogP contribution in [0.15, 0.2) is 24.3 Å². The van der Waals surface area contributed by atoms with E-state index in [9.17, 15) is 14.0 Å². The van der Waals surface area contributed by atoms with Crippen molar-refractivity contribution in [1.29, 1.82) is 0 Å². The van der Waals surface area contributed by atoms with Crippen LogP contribution < -0.4 is 4.74 Å². The third-order valence-electron chi connectivity index (χ3n) is 3.45. The van der Waals surface area contributed by atoms with E-state index >= 15 is 0 Å². The Morgan fingerprint density at radius 2 is 2.19 bits per heavy atom. The highest BCUT2D eigenvalue weighted by atomic mass is 19.1. The van der Waals surface area contributed by atoms with Gasteiger partial charge in [0.05, 0.1) is 7.11 Å². The quantitative estimate of drug-likeness (QED) is 0.794. The molecule has 0 aliphatic carbocycles. The van der Waals surface area contributed by atoms with Crippen molar-refractivity contribution in [3.63, 3.8) is 0 Å². The van der Waals surface area contributed by atoms with E-state index in [0.29, 0.717) is 13.0 Å². The van der Waals surface area contributed by atoms with Crippen LogP contribution in [0.4, 0.5) is 4.39 Å². The van der Waals surface area contributed by atoms with Gasteiger partial charge in [0.25, 0.3) is 5.91 Å². The predicted molar refractivity (Wildman–Crippen MR) is 73.3 cm³/mol. The average Bonchev–Trinajstić information content (AvgIpc) is 2.52. The number of ether oxygens (including phenoxy) is 2. The number of esters is 1. The molecular formula is C15H18FNO4. The number of rotatable bonds is 4. The van der Waals surface area contributed by atoms with Gasteiger partial charge in [-0.05, 0) is 31.4 Å². The van der Waals surface area contributed by atoms with Gasteiger partial charge < -0.3 is 14.4 Å². The molecule has 1 fully saturated rings. The molecule has 114 valence electrons. The van der Waals surface area contributed by atoms with Crippen molar-refractivity contribution in [1.82, 2.24) is 4.90 Å². The van der Waals surface area contributed by atoms with E-state index in [0.717, 1.165) is 12.8 Å². The van der Waals surface area contributed by atoms with Crippen molar-refractivity contribution in [3.8, 4) is 5.75 Å². The number of hydrogen-bond acceptors (Lipinski definition) is 4. The second-order valence-electron chi connectivity index (χ2n) is 4.87. The van der Waals surface area contributed by atoms with Gasteiger partial charge in [0.2, 0.25) is 0 Å². The molecule has 1 atom stereocenters. The highest BCUT2D eigenvalue weighted by molar-refractivity contribution is 5.85. The van der Waals surface area contributed by atoms with E-state index in [-0.39, 0.29) is 18.3 Å². The number of hydrogen-bond donors (Lipinski definition) is 0. The van der Waals surface area contributed by atoms with Crippen LogP contribution in [-0.4, -0.2) is 43.1 Å². The van der Waals surface area contributed by atoms with E-state index in [2.05, 4.69) is 0 Å². The highest BCUT2D eigenvalue weighted by Crippen LogP contribution is 2.19. The summed E-state index contributed by atoms with van der Waals surface area (Å²) in [6.45, 7) is 0.280. The Morgan fingerprint density at radius 3 is 2.90 bits per heavy atom. The molecule has 0 saturated carbocycles. The Hall–Kier alpha value is -2.11. The summed E-state index contributed by atoms with van der Waals surface area (Å²) in [4.78, 5) is 25.4. The molecule has 0 unspecified atom stereocenters. The van der Waals surface area contributed by atoms with Gasteiger partial charge in [-0.15, -0.1) is 0 Å².